The molecule has 27 heavy (non-hydrogen) atoms. The van der Waals surface area contributed by atoms with Crippen LogP contribution in [0.3, 0.4) is 0 Å². The monoisotopic (exact) mass is 382 g/mol. The molecule has 2 aromatic carbocycles. The van der Waals surface area contributed by atoms with Crippen molar-refractivity contribution in [3.8, 4) is 11.6 Å². The first kappa shape index (κ1) is 19.4. The molecule has 0 aliphatic rings. The zero-order valence-corrected chi connectivity index (χ0v) is 16.8. The fourth-order valence-corrected chi connectivity index (χ4v) is 3.38. The minimum atomic E-state index is -0.341. The van der Waals surface area contributed by atoms with E-state index >= 15 is 0 Å². The van der Waals surface area contributed by atoms with Gasteiger partial charge in [0.15, 0.2) is 5.16 Å². The van der Waals surface area contributed by atoms with Crippen molar-refractivity contribution in [2.45, 2.75) is 44.0 Å². The highest BCUT2D eigenvalue weighted by Gasteiger charge is 2.13. The third-order valence-electron chi connectivity index (χ3n) is 4.02. The Balaban J connectivity index is 1.69. The van der Waals surface area contributed by atoms with Crippen LogP contribution >= 0.6 is 11.8 Å². The summed E-state index contributed by atoms with van der Waals surface area (Å²) in [4.78, 5) is 8.90. The van der Waals surface area contributed by atoms with Crippen molar-refractivity contribution in [3.05, 3.63) is 77.2 Å². The van der Waals surface area contributed by atoms with Crippen LogP contribution in [0.2, 0.25) is 0 Å². The van der Waals surface area contributed by atoms with Crippen molar-refractivity contribution in [2.24, 2.45) is 0 Å². The van der Waals surface area contributed by atoms with Gasteiger partial charge >= 0.3 is 0 Å². The van der Waals surface area contributed by atoms with Gasteiger partial charge in [0, 0.05) is 23.6 Å². The van der Waals surface area contributed by atoms with E-state index in [1.54, 1.807) is 30.0 Å². The zero-order valence-electron chi connectivity index (χ0n) is 16.0. The Morgan fingerprint density at radius 3 is 2.41 bits per heavy atom. The molecule has 0 amide bonds. The summed E-state index contributed by atoms with van der Waals surface area (Å²) in [7, 11) is 0. The summed E-state index contributed by atoms with van der Waals surface area (Å²) in [6, 6.07) is 16.4. The molecule has 0 bridgehead atoms. The third-order valence-corrected chi connectivity index (χ3v) is 4.94. The zero-order chi connectivity index (χ0) is 19.4. The molecule has 0 fully saturated rings. The van der Waals surface area contributed by atoms with E-state index in [9.17, 15) is 4.39 Å². The molecule has 0 unspecified atom stereocenters. The summed E-state index contributed by atoms with van der Waals surface area (Å²) in [5.41, 5.74) is 3.48. The minimum absolute atomic E-state index is 0.147. The minimum Gasteiger partial charge on any atom is -0.439 e. The second-order valence-corrected chi connectivity index (χ2v) is 8.37. The van der Waals surface area contributed by atoms with Crippen molar-refractivity contribution < 1.29 is 9.13 Å². The summed E-state index contributed by atoms with van der Waals surface area (Å²) in [5.74, 6) is 1.26. The van der Waals surface area contributed by atoms with Crippen LogP contribution in [-0.2, 0) is 11.2 Å². The first-order valence-corrected chi connectivity index (χ1v) is 9.79. The summed E-state index contributed by atoms with van der Waals surface area (Å²) >= 11 is 1.55. The number of ether oxygens (including phenoxy) is 1. The van der Waals surface area contributed by atoms with Crippen LogP contribution in [0, 0.1) is 12.7 Å². The number of rotatable bonds is 5. The van der Waals surface area contributed by atoms with Crippen LogP contribution in [0.1, 0.15) is 37.6 Å². The SMILES string of the molecule is Cc1cc(Oc2cccc(F)c2)nc(SCc2ccc(C(C)(C)C)cc2)n1. The van der Waals surface area contributed by atoms with Crippen LogP contribution in [0.25, 0.3) is 0 Å². The first-order valence-electron chi connectivity index (χ1n) is 8.81. The Hall–Kier alpha value is -2.40. The Labute approximate surface area is 164 Å². The Morgan fingerprint density at radius 1 is 1.00 bits per heavy atom. The summed E-state index contributed by atoms with van der Waals surface area (Å²) in [6.07, 6.45) is 0. The van der Waals surface area contributed by atoms with Gasteiger partial charge in [0.05, 0.1) is 0 Å². The lowest BCUT2D eigenvalue weighted by atomic mass is 9.87. The highest BCUT2D eigenvalue weighted by atomic mass is 32.2. The number of halogens is 1. The summed E-state index contributed by atoms with van der Waals surface area (Å²) in [5, 5.41) is 0.640. The predicted molar refractivity (Wildman–Crippen MR) is 108 cm³/mol. The molecule has 1 aromatic heterocycles. The average molecular weight is 383 g/mol. The van der Waals surface area contributed by atoms with Gasteiger partial charge in [-0.3, -0.25) is 0 Å². The summed E-state index contributed by atoms with van der Waals surface area (Å²) in [6.45, 7) is 8.51. The molecule has 0 spiro atoms. The average Bonchev–Trinajstić information content (AvgIpc) is 2.59. The summed E-state index contributed by atoms with van der Waals surface area (Å²) < 4.78 is 19.0. The second kappa shape index (κ2) is 8.09. The smallest absolute Gasteiger partial charge is 0.223 e. The largest absolute Gasteiger partial charge is 0.439 e. The molecule has 0 atom stereocenters. The van der Waals surface area contributed by atoms with Crippen LogP contribution < -0.4 is 4.74 Å². The highest BCUT2D eigenvalue weighted by molar-refractivity contribution is 7.98. The lowest BCUT2D eigenvalue weighted by molar-refractivity contribution is 0.450. The maximum absolute atomic E-state index is 13.3. The van der Waals surface area contributed by atoms with E-state index in [4.69, 9.17) is 4.74 Å². The number of aryl methyl sites for hydroxylation is 1. The van der Waals surface area contributed by atoms with Gasteiger partial charge in [-0.15, -0.1) is 0 Å². The van der Waals surface area contributed by atoms with Gasteiger partial charge < -0.3 is 4.74 Å². The third kappa shape index (κ3) is 5.54. The molecule has 3 rings (SSSR count). The number of hydrogen-bond donors (Lipinski definition) is 0. The molecule has 0 saturated heterocycles. The molecule has 1 heterocycles. The molecule has 140 valence electrons. The topological polar surface area (TPSA) is 35.0 Å². The normalized spacial score (nSPS) is 11.4. The maximum Gasteiger partial charge on any atom is 0.223 e. The quantitative estimate of drug-likeness (QED) is 0.383. The first-order chi connectivity index (χ1) is 12.8. The molecule has 3 nitrogen and oxygen atoms in total. The molecule has 5 heteroatoms. The van der Waals surface area contributed by atoms with Crippen LogP contribution in [-0.4, -0.2) is 9.97 Å². The van der Waals surface area contributed by atoms with E-state index in [2.05, 4.69) is 55.0 Å². The Kier molecular flexibility index (Phi) is 5.80. The van der Waals surface area contributed by atoms with E-state index in [1.165, 1.54) is 23.3 Å². The van der Waals surface area contributed by atoms with Crippen molar-refractivity contribution in [1.29, 1.82) is 0 Å². The Bertz CT molecular complexity index is 920. The molecule has 0 saturated carbocycles. The number of benzene rings is 2. The maximum atomic E-state index is 13.3. The number of aromatic nitrogens is 2. The van der Waals surface area contributed by atoms with Gasteiger partial charge in [0.1, 0.15) is 11.6 Å². The van der Waals surface area contributed by atoms with Gasteiger partial charge in [-0.1, -0.05) is 62.9 Å². The van der Waals surface area contributed by atoms with E-state index in [0.29, 0.717) is 16.8 Å². The van der Waals surface area contributed by atoms with E-state index < -0.39 is 0 Å². The van der Waals surface area contributed by atoms with Crippen molar-refractivity contribution in [1.82, 2.24) is 9.97 Å². The molecular formula is C22H23FN2OS. The molecule has 0 aliphatic carbocycles. The second-order valence-electron chi connectivity index (χ2n) is 7.43. The Morgan fingerprint density at radius 2 is 1.74 bits per heavy atom. The lowest BCUT2D eigenvalue weighted by Crippen LogP contribution is -2.10. The van der Waals surface area contributed by atoms with E-state index in [1.807, 2.05) is 6.92 Å². The van der Waals surface area contributed by atoms with Crippen LogP contribution in [0.15, 0.2) is 59.8 Å². The molecule has 0 radical (unpaired) electrons. The molecule has 3 aromatic rings. The van der Waals surface area contributed by atoms with Gasteiger partial charge in [-0.2, -0.15) is 4.98 Å². The fourth-order valence-electron chi connectivity index (χ4n) is 2.53. The fraction of sp³-hybridized carbons (Fsp3) is 0.273. The van der Waals surface area contributed by atoms with Crippen LogP contribution in [0.4, 0.5) is 4.39 Å². The van der Waals surface area contributed by atoms with E-state index in [-0.39, 0.29) is 11.2 Å². The molecule has 0 aliphatic heterocycles. The van der Waals surface area contributed by atoms with Crippen molar-refractivity contribution in [2.75, 3.05) is 0 Å². The van der Waals surface area contributed by atoms with Gasteiger partial charge in [0.25, 0.3) is 0 Å². The van der Waals surface area contributed by atoms with E-state index in [0.717, 1.165) is 11.4 Å². The van der Waals surface area contributed by atoms with Gasteiger partial charge in [-0.05, 0) is 35.6 Å². The van der Waals surface area contributed by atoms with Gasteiger partial charge in [0.2, 0.25) is 5.88 Å². The molecule has 0 N–H and O–H groups in total. The number of hydrogen-bond acceptors (Lipinski definition) is 4. The number of thioether (sulfide) groups is 1. The van der Waals surface area contributed by atoms with Crippen molar-refractivity contribution in [3.63, 3.8) is 0 Å². The highest BCUT2D eigenvalue weighted by Crippen LogP contribution is 2.27. The van der Waals surface area contributed by atoms with Crippen molar-refractivity contribution >= 4 is 11.8 Å². The van der Waals surface area contributed by atoms with Crippen LogP contribution in [0.5, 0.6) is 11.6 Å². The number of nitrogens with zero attached hydrogens (tertiary/aromatic N) is 2. The van der Waals surface area contributed by atoms with Gasteiger partial charge in [-0.25, -0.2) is 9.37 Å². The predicted octanol–water partition coefficient (Wildman–Crippen LogP) is 6.31. The molecular weight excluding hydrogens is 359 g/mol. The lowest BCUT2D eigenvalue weighted by Gasteiger charge is -2.19. The standard InChI is InChI=1S/C22H23FN2OS/c1-15-12-20(26-19-7-5-6-18(23)13-19)25-21(24-15)27-14-16-8-10-17(11-9-16)22(2,3)4/h5-13H,14H2,1-4H3.